The van der Waals surface area contributed by atoms with E-state index in [0.717, 1.165) is 0 Å². The second kappa shape index (κ2) is 5.14. The average Bonchev–Trinajstić information content (AvgIpc) is 2.35. The largest absolute Gasteiger partial charge is 0.496 e. The summed E-state index contributed by atoms with van der Waals surface area (Å²) in [5, 5.41) is 18.0. The fourth-order valence-corrected chi connectivity index (χ4v) is 1.36. The van der Waals surface area contributed by atoms with Crippen molar-refractivity contribution in [2.45, 2.75) is 6.61 Å². The maximum atomic E-state index is 11.5. The van der Waals surface area contributed by atoms with Crippen LogP contribution in [-0.2, 0) is 11.3 Å². The molecule has 0 aliphatic heterocycles. The van der Waals surface area contributed by atoms with Crippen molar-refractivity contribution in [2.75, 3.05) is 14.2 Å². The Labute approximate surface area is 92.8 Å². The van der Waals surface area contributed by atoms with Gasteiger partial charge in [-0.15, -0.1) is 0 Å². The molecule has 0 amide bonds. The zero-order valence-corrected chi connectivity index (χ0v) is 8.98. The van der Waals surface area contributed by atoms with Crippen LogP contribution in [0.5, 0.6) is 5.75 Å². The number of hydrogen-bond acceptors (Lipinski definition) is 5. The molecule has 5 heteroatoms. The second-order valence-corrected chi connectivity index (χ2v) is 2.94. The third-order valence-electron chi connectivity index (χ3n) is 2.14. The van der Waals surface area contributed by atoms with Gasteiger partial charge in [0.2, 0.25) is 0 Å². The number of carbonyl (C=O) groups is 1. The van der Waals surface area contributed by atoms with Crippen LogP contribution < -0.4 is 4.74 Å². The molecular weight excluding hydrogens is 210 g/mol. The molecule has 16 heavy (non-hydrogen) atoms. The number of carbonyl (C=O) groups excluding carboxylic acids is 1. The maximum absolute atomic E-state index is 11.5. The molecule has 1 rings (SSSR count). The van der Waals surface area contributed by atoms with Crippen molar-refractivity contribution in [3.63, 3.8) is 0 Å². The molecule has 1 aromatic carbocycles. The number of hydrogen-bond donors (Lipinski definition) is 1. The van der Waals surface area contributed by atoms with E-state index >= 15 is 0 Å². The summed E-state index contributed by atoms with van der Waals surface area (Å²) in [4.78, 5) is 11.5. The lowest BCUT2D eigenvalue weighted by Crippen LogP contribution is -2.09. The van der Waals surface area contributed by atoms with Crippen molar-refractivity contribution in [3.05, 3.63) is 28.8 Å². The SMILES string of the molecule is COC(=O)c1c(OC)ccc(CO)c1C#N. The van der Waals surface area contributed by atoms with Gasteiger partial charge in [-0.05, 0) is 11.6 Å². The summed E-state index contributed by atoms with van der Waals surface area (Å²) in [6.45, 7) is -0.323. The second-order valence-electron chi connectivity index (χ2n) is 2.94. The third-order valence-corrected chi connectivity index (χ3v) is 2.14. The number of rotatable bonds is 3. The molecule has 0 spiro atoms. The van der Waals surface area contributed by atoms with Crippen molar-refractivity contribution < 1.29 is 19.4 Å². The van der Waals surface area contributed by atoms with Crippen LogP contribution in [0.1, 0.15) is 21.5 Å². The van der Waals surface area contributed by atoms with Crippen molar-refractivity contribution in [3.8, 4) is 11.8 Å². The fourth-order valence-electron chi connectivity index (χ4n) is 1.36. The Balaban J connectivity index is 3.50. The van der Waals surface area contributed by atoms with Gasteiger partial charge in [-0.3, -0.25) is 0 Å². The van der Waals surface area contributed by atoms with Gasteiger partial charge in [-0.25, -0.2) is 4.79 Å². The lowest BCUT2D eigenvalue weighted by molar-refractivity contribution is 0.0596. The Morgan fingerprint density at radius 2 is 2.19 bits per heavy atom. The predicted molar refractivity (Wildman–Crippen MR) is 55.0 cm³/mol. The van der Waals surface area contributed by atoms with Gasteiger partial charge in [0.15, 0.2) is 0 Å². The highest BCUT2D eigenvalue weighted by Crippen LogP contribution is 2.25. The summed E-state index contributed by atoms with van der Waals surface area (Å²) >= 11 is 0. The normalized spacial score (nSPS) is 9.38. The van der Waals surface area contributed by atoms with Crippen LogP contribution in [0.15, 0.2) is 12.1 Å². The zero-order valence-electron chi connectivity index (χ0n) is 8.98. The van der Waals surface area contributed by atoms with Gasteiger partial charge in [0, 0.05) is 0 Å². The minimum absolute atomic E-state index is 0.0408. The van der Waals surface area contributed by atoms with Gasteiger partial charge in [-0.2, -0.15) is 5.26 Å². The van der Waals surface area contributed by atoms with E-state index in [1.54, 1.807) is 0 Å². The first-order valence-electron chi connectivity index (χ1n) is 4.48. The quantitative estimate of drug-likeness (QED) is 0.765. The number of benzene rings is 1. The van der Waals surface area contributed by atoms with Crippen LogP contribution in [0.2, 0.25) is 0 Å². The van der Waals surface area contributed by atoms with Gasteiger partial charge in [0.1, 0.15) is 17.4 Å². The van der Waals surface area contributed by atoms with E-state index in [1.165, 1.54) is 26.4 Å². The molecule has 0 aliphatic carbocycles. The number of aliphatic hydroxyl groups is 1. The highest BCUT2D eigenvalue weighted by molar-refractivity contribution is 5.95. The molecule has 1 aromatic rings. The first-order valence-corrected chi connectivity index (χ1v) is 4.48. The van der Waals surface area contributed by atoms with Crippen LogP contribution in [0.4, 0.5) is 0 Å². The summed E-state index contributed by atoms with van der Waals surface area (Å²) < 4.78 is 9.55. The standard InChI is InChI=1S/C11H11NO4/c1-15-9-4-3-7(6-13)8(5-12)10(9)11(14)16-2/h3-4,13H,6H2,1-2H3. The summed E-state index contributed by atoms with van der Waals surface area (Å²) in [5.74, 6) is -0.413. The van der Waals surface area contributed by atoms with Gasteiger partial charge in [0.25, 0.3) is 0 Å². The smallest absolute Gasteiger partial charge is 0.343 e. The summed E-state index contributed by atoms with van der Waals surface area (Å²) in [7, 11) is 2.61. The first-order chi connectivity index (χ1) is 7.69. The first kappa shape index (κ1) is 12.0. The fraction of sp³-hybridized carbons (Fsp3) is 0.273. The van der Waals surface area contributed by atoms with E-state index in [4.69, 9.17) is 15.1 Å². The Hall–Kier alpha value is -2.06. The van der Waals surface area contributed by atoms with Crippen molar-refractivity contribution >= 4 is 5.97 Å². The average molecular weight is 221 g/mol. The van der Waals surface area contributed by atoms with Gasteiger partial charge in [0.05, 0.1) is 26.4 Å². The Morgan fingerprint density at radius 1 is 1.50 bits per heavy atom. The number of ether oxygens (including phenoxy) is 2. The Bertz CT molecular complexity index is 448. The van der Waals surface area contributed by atoms with E-state index in [1.807, 2.05) is 6.07 Å². The maximum Gasteiger partial charge on any atom is 0.343 e. The molecule has 0 atom stereocenters. The molecule has 0 fully saturated rings. The van der Waals surface area contributed by atoms with Crippen molar-refractivity contribution in [1.29, 1.82) is 5.26 Å². The molecule has 0 unspecified atom stereocenters. The molecular formula is C11H11NO4. The molecule has 0 radical (unpaired) electrons. The topological polar surface area (TPSA) is 79.6 Å². The summed E-state index contributed by atoms with van der Waals surface area (Å²) in [5.41, 5.74) is 0.483. The van der Waals surface area contributed by atoms with Crippen LogP contribution >= 0.6 is 0 Å². The van der Waals surface area contributed by atoms with E-state index in [0.29, 0.717) is 5.56 Å². The highest BCUT2D eigenvalue weighted by Gasteiger charge is 2.20. The van der Waals surface area contributed by atoms with Crippen LogP contribution in [0.25, 0.3) is 0 Å². The number of methoxy groups -OCH3 is 2. The predicted octanol–water partition coefficient (Wildman–Crippen LogP) is 0.846. The molecule has 84 valence electrons. The number of nitrogens with zero attached hydrogens (tertiary/aromatic N) is 1. The molecule has 0 heterocycles. The summed E-state index contributed by atoms with van der Waals surface area (Å²) in [6, 6.07) is 4.91. The lowest BCUT2D eigenvalue weighted by atomic mass is 10.0. The third kappa shape index (κ3) is 1.97. The lowest BCUT2D eigenvalue weighted by Gasteiger charge is -2.10. The van der Waals surface area contributed by atoms with Gasteiger partial charge >= 0.3 is 5.97 Å². The van der Waals surface area contributed by atoms with Crippen molar-refractivity contribution in [2.24, 2.45) is 0 Å². The van der Waals surface area contributed by atoms with Gasteiger partial charge in [-0.1, -0.05) is 6.07 Å². The van der Waals surface area contributed by atoms with E-state index < -0.39 is 5.97 Å². The van der Waals surface area contributed by atoms with Crippen LogP contribution in [-0.4, -0.2) is 25.3 Å². The van der Waals surface area contributed by atoms with Crippen LogP contribution in [0, 0.1) is 11.3 Å². The van der Waals surface area contributed by atoms with E-state index in [2.05, 4.69) is 4.74 Å². The number of aliphatic hydroxyl groups excluding tert-OH is 1. The van der Waals surface area contributed by atoms with Gasteiger partial charge < -0.3 is 14.6 Å². The van der Waals surface area contributed by atoms with E-state index in [9.17, 15) is 4.79 Å². The highest BCUT2D eigenvalue weighted by atomic mass is 16.5. The zero-order chi connectivity index (χ0) is 12.1. The van der Waals surface area contributed by atoms with E-state index in [-0.39, 0.29) is 23.5 Å². The molecule has 0 saturated carbocycles. The number of esters is 1. The van der Waals surface area contributed by atoms with Crippen LogP contribution in [0.3, 0.4) is 0 Å². The monoisotopic (exact) mass is 221 g/mol. The van der Waals surface area contributed by atoms with Crippen molar-refractivity contribution in [1.82, 2.24) is 0 Å². The number of nitriles is 1. The summed E-state index contributed by atoms with van der Waals surface area (Å²) in [6.07, 6.45) is 0. The molecule has 0 saturated heterocycles. The Kier molecular flexibility index (Phi) is 3.86. The molecule has 0 bridgehead atoms. The minimum atomic E-state index is -0.663. The minimum Gasteiger partial charge on any atom is -0.496 e. The molecule has 5 nitrogen and oxygen atoms in total. The Morgan fingerprint density at radius 3 is 2.62 bits per heavy atom. The molecule has 0 aromatic heterocycles. The molecule has 0 aliphatic rings. The molecule has 1 N–H and O–H groups in total.